The molecular formula is C15H21NO4. The molecule has 1 saturated heterocycles. The summed E-state index contributed by atoms with van der Waals surface area (Å²) >= 11 is 0. The molecule has 2 atom stereocenters. The second kappa shape index (κ2) is 6.83. The van der Waals surface area contributed by atoms with Crippen molar-refractivity contribution in [3.63, 3.8) is 0 Å². The van der Waals surface area contributed by atoms with Crippen LogP contribution >= 0.6 is 0 Å². The molecule has 0 spiro atoms. The minimum atomic E-state index is -0.204. The lowest BCUT2D eigenvalue weighted by Gasteiger charge is -2.36. The standard InChI is InChI=1S/C15H21NO4/c1-11-10-20-14(9-17)7-16(11)8-15(18)12-4-3-5-13(6-12)19-2/h3-6,11,14,17H,7-10H2,1-2H3. The average Bonchev–Trinajstić information content (AvgIpc) is 2.49. The number of aliphatic hydroxyl groups excluding tert-OH is 1. The summed E-state index contributed by atoms with van der Waals surface area (Å²) in [4.78, 5) is 14.4. The van der Waals surface area contributed by atoms with E-state index in [2.05, 4.69) is 0 Å². The minimum absolute atomic E-state index is 0.0173. The number of carbonyl (C=O) groups excluding carboxylic acids is 1. The molecule has 5 heteroatoms. The number of ketones is 1. The first-order chi connectivity index (χ1) is 9.63. The van der Waals surface area contributed by atoms with Crippen LogP contribution < -0.4 is 4.74 Å². The van der Waals surface area contributed by atoms with Crippen LogP contribution in [0, 0.1) is 0 Å². The van der Waals surface area contributed by atoms with E-state index in [9.17, 15) is 4.79 Å². The summed E-state index contributed by atoms with van der Waals surface area (Å²) in [5.74, 6) is 0.730. The first kappa shape index (κ1) is 15.0. The fourth-order valence-corrected chi connectivity index (χ4v) is 2.28. The van der Waals surface area contributed by atoms with Crippen molar-refractivity contribution in [2.45, 2.75) is 19.1 Å². The van der Waals surface area contributed by atoms with Gasteiger partial charge < -0.3 is 14.6 Å². The molecule has 0 saturated carbocycles. The first-order valence-corrected chi connectivity index (χ1v) is 6.77. The summed E-state index contributed by atoms with van der Waals surface area (Å²) < 4.78 is 10.6. The van der Waals surface area contributed by atoms with Crippen molar-refractivity contribution in [2.24, 2.45) is 0 Å². The second-order valence-electron chi connectivity index (χ2n) is 5.07. The van der Waals surface area contributed by atoms with E-state index in [1.165, 1.54) is 0 Å². The highest BCUT2D eigenvalue weighted by atomic mass is 16.5. The molecule has 0 aromatic heterocycles. The zero-order valence-corrected chi connectivity index (χ0v) is 11.9. The molecule has 2 unspecified atom stereocenters. The van der Waals surface area contributed by atoms with Gasteiger partial charge in [0, 0.05) is 18.2 Å². The molecule has 20 heavy (non-hydrogen) atoms. The van der Waals surface area contributed by atoms with E-state index < -0.39 is 0 Å². The number of rotatable bonds is 5. The van der Waals surface area contributed by atoms with Crippen LogP contribution in [0.15, 0.2) is 24.3 Å². The molecular weight excluding hydrogens is 258 g/mol. The van der Waals surface area contributed by atoms with E-state index in [0.717, 1.165) is 0 Å². The summed E-state index contributed by atoms with van der Waals surface area (Å²) in [5.41, 5.74) is 0.642. The van der Waals surface area contributed by atoms with Crippen LogP contribution in [-0.4, -0.2) is 61.3 Å². The van der Waals surface area contributed by atoms with Crippen LogP contribution in [0.2, 0.25) is 0 Å². The SMILES string of the molecule is COc1cccc(C(=O)CN2CC(CO)OCC2C)c1. The van der Waals surface area contributed by atoms with Gasteiger partial charge in [-0.3, -0.25) is 9.69 Å². The zero-order valence-electron chi connectivity index (χ0n) is 11.9. The largest absolute Gasteiger partial charge is 0.497 e. The summed E-state index contributed by atoms with van der Waals surface area (Å²) in [6.45, 7) is 3.45. The monoisotopic (exact) mass is 279 g/mol. The van der Waals surface area contributed by atoms with Gasteiger partial charge in [0.05, 0.1) is 33.0 Å². The maximum atomic E-state index is 12.3. The van der Waals surface area contributed by atoms with Gasteiger partial charge in [0.25, 0.3) is 0 Å². The quantitative estimate of drug-likeness (QED) is 0.814. The van der Waals surface area contributed by atoms with Gasteiger partial charge >= 0.3 is 0 Å². The topological polar surface area (TPSA) is 59.0 Å². The van der Waals surface area contributed by atoms with Crippen molar-refractivity contribution in [3.05, 3.63) is 29.8 Å². The van der Waals surface area contributed by atoms with E-state index in [-0.39, 0.29) is 24.5 Å². The molecule has 1 fully saturated rings. The first-order valence-electron chi connectivity index (χ1n) is 6.77. The van der Waals surface area contributed by atoms with Crippen LogP contribution in [0.1, 0.15) is 17.3 Å². The predicted molar refractivity (Wildman–Crippen MR) is 75.2 cm³/mol. The van der Waals surface area contributed by atoms with Crippen LogP contribution in [0.25, 0.3) is 0 Å². The lowest BCUT2D eigenvalue weighted by Crippen LogP contribution is -2.51. The lowest BCUT2D eigenvalue weighted by molar-refractivity contribution is -0.0747. The van der Waals surface area contributed by atoms with Gasteiger partial charge in [-0.1, -0.05) is 12.1 Å². The minimum Gasteiger partial charge on any atom is -0.497 e. The van der Waals surface area contributed by atoms with E-state index in [1.54, 1.807) is 19.2 Å². The molecule has 0 amide bonds. The van der Waals surface area contributed by atoms with Gasteiger partial charge in [-0.25, -0.2) is 0 Å². The van der Waals surface area contributed by atoms with Crippen molar-refractivity contribution in [2.75, 3.05) is 33.4 Å². The number of aliphatic hydroxyl groups is 1. The maximum Gasteiger partial charge on any atom is 0.176 e. The fourth-order valence-electron chi connectivity index (χ4n) is 2.28. The van der Waals surface area contributed by atoms with Gasteiger partial charge in [0.15, 0.2) is 5.78 Å². The molecule has 0 aliphatic carbocycles. The third-order valence-corrected chi connectivity index (χ3v) is 3.58. The Labute approximate surface area is 119 Å². The Kier molecular flexibility index (Phi) is 5.11. The zero-order chi connectivity index (χ0) is 14.5. The lowest BCUT2D eigenvalue weighted by atomic mass is 10.1. The van der Waals surface area contributed by atoms with E-state index in [1.807, 2.05) is 24.0 Å². The normalized spacial score (nSPS) is 23.6. The van der Waals surface area contributed by atoms with Crippen LogP contribution in [-0.2, 0) is 4.74 Å². The van der Waals surface area contributed by atoms with Crippen molar-refractivity contribution < 1.29 is 19.4 Å². The van der Waals surface area contributed by atoms with Crippen molar-refractivity contribution in [1.82, 2.24) is 4.90 Å². The highest BCUT2D eigenvalue weighted by Gasteiger charge is 2.27. The average molecular weight is 279 g/mol. The molecule has 0 radical (unpaired) electrons. The molecule has 5 nitrogen and oxygen atoms in total. The number of nitrogens with zero attached hydrogens (tertiary/aromatic N) is 1. The Morgan fingerprint density at radius 1 is 1.55 bits per heavy atom. The Bertz CT molecular complexity index is 463. The Morgan fingerprint density at radius 2 is 2.35 bits per heavy atom. The highest BCUT2D eigenvalue weighted by Crippen LogP contribution is 2.16. The molecule has 110 valence electrons. The number of morpholine rings is 1. The van der Waals surface area contributed by atoms with E-state index in [0.29, 0.717) is 31.0 Å². The number of Topliss-reactive ketones (excluding diaryl/α,β-unsaturated/α-hetero) is 1. The molecule has 1 heterocycles. The number of hydrogen-bond donors (Lipinski definition) is 1. The Morgan fingerprint density at radius 3 is 3.05 bits per heavy atom. The summed E-state index contributed by atoms with van der Waals surface area (Å²) in [6.07, 6.45) is -0.204. The van der Waals surface area contributed by atoms with Crippen molar-refractivity contribution in [1.29, 1.82) is 0 Å². The maximum absolute atomic E-state index is 12.3. The highest BCUT2D eigenvalue weighted by molar-refractivity contribution is 5.98. The molecule has 1 aliphatic rings. The summed E-state index contributed by atoms with van der Waals surface area (Å²) in [7, 11) is 1.58. The summed E-state index contributed by atoms with van der Waals surface area (Å²) in [5, 5.41) is 9.16. The van der Waals surface area contributed by atoms with Gasteiger partial charge in [-0.2, -0.15) is 0 Å². The van der Waals surface area contributed by atoms with Gasteiger partial charge in [-0.05, 0) is 19.1 Å². The van der Waals surface area contributed by atoms with Crippen molar-refractivity contribution >= 4 is 5.78 Å². The second-order valence-corrected chi connectivity index (χ2v) is 5.07. The number of benzene rings is 1. The summed E-state index contributed by atoms with van der Waals surface area (Å²) in [6, 6.07) is 7.34. The van der Waals surface area contributed by atoms with Crippen LogP contribution in [0.5, 0.6) is 5.75 Å². The molecule has 2 rings (SSSR count). The molecule has 1 aromatic carbocycles. The van der Waals surface area contributed by atoms with Gasteiger partial charge in [0.2, 0.25) is 0 Å². The van der Waals surface area contributed by atoms with Crippen molar-refractivity contribution in [3.8, 4) is 5.75 Å². The molecule has 1 N–H and O–H groups in total. The molecule has 1 aromatic rings. The third-order valence-electron chi connectivity index (χ3n) is 3.58. The fraction of sp³-hybridized carbons (Fsp3) is 0.533. The number of methoxy groups -OCH3 is 1. The van der Waals surface area contributed by atoms with Gasteiger partial charge in [-0.15, -0.1) is 0 Å². The number of ether oxygens (including phenoxy) is 2. The Hall–Kier alpha value is -1.43. The van der Waals surface area contributed by atoms with Crippen LogP contribution in [0.4, 0.5) is 0 Å². The smallest absolute Gasteiger partial charge is 0.176 e. The van der Waals surface area contributed by atoms with Crippen LogP contribution in [0.3, 0.4) is 0 Å². The van der Waals surface area contributed by atoms with Gasteiger partial charge in [0.1, 0.15) is 5.75 Å². The number of hydrogen-bond acceptors (Lipinski definition) is 5. The van der Waals surface area contributed by atoms with E-state index >= 15 is 0 Å². The molecule has 0 bridgehead atoms. The number of carbonyl (C=O) groups is 1. The predicted octanol–water partition coefficient (Wildman–Crippen LogP) is 0.959. The third kappa shape index (κ3) is 3.56. The Balaban J connectivity index is 2.02. The van der Waals surface area contributed by atoms with E-state index in [4.69, 9.17) is 14.6 Å². The molecule has 1 aliphatic heterocycles.